The van der Waals surface area contributed by atoms with E-state index in [0.29, 0.717) is 4.88 Å². The molecule has 0 radical (unpaired) electrons. The van der Waals surface area contributed by atoms with Gasteiger partial charge in [-0.15, -0.1) is 11.3 Å². The van der Waals surface area contributed by atoms with E-state index in [1.54, 1.807) is 6.07 Å². The van der Waals surface area contributed by atoms with Gasteiger partial charge in [-0.3, -0.25) is 0 Å². The van der Waals surface area contributed by atoms with Crippen LogP contribution < -0.4 is 0 Å². The highest BCUT2D eigenvalue weighted by molar-refractivity contribution is 7.12. The Balaban J connectivity index is 2.87. The molecule has 64 valence electrons. The van der Waals surface area contributed by atoms with Crippen molar-refractivity contribution in [2.24, 2.45) is 0 Å². The zero-order valence-corrected chi connectivity index (χ0v) is 7.19. The minimum atomic E-state index is -1.53. The van der Waals surface area contributed by atoms with Crippen LogP contribution in [-0.2, 0) is 4.79 Å². The molecule has 0 bridgehead atoms. The molecule has 12 heavy (non-hydrogen) atoms. The molecule has 0 aromatic carbocycles. The molecule has 0 aliphatic heterocycles. The molecule has 0 fully saturated rings. The molecule has 2 nitrogen and oxygen atoms in total. The van der Waals surface area contributed by atoms with Crippen LogP contribution in [0.2, 0.25) is 0 Å². The minimum absolute atomic E-state index is 0.618. The van der Waals surface area contributed by atoms with Gasteiger partial charge in [0.15, 0.2) is 0 Å². The number of aryl methyl sites for hydroxylation is 1. The van der Waals surface area contributed by atoms with E-state index in [1.807, 2.05) is 13.0 Å². The standard InChI is InChI=1S/C8H7FO2S/c1-5-2-3-6(12-5)4-7(9)8(10)11/h2-4H,1H3,(H,10,11). The number of halogens is 1. The summed E-state index contributed by atoms with van der Waals surface area (Å²) in [5.74, 6) is -2.65. The molecule has 0 saturated carbocycles. The molecule has 0 spiro atoms. The van der Waals surface area contributed by atoms with Gasteiger partial charge in [0.2, 0.25) is 5.83 Å². The van der Waals surface area contributed by atoms with Crippen molar-refractivity contribution in [3.8, 4) is 0 Å². The fraction of sp³-hybridized carbons (Fsp3) is 0.125. The van der Waals surface area contributed by atoms with E-state index in [9.17, 15) is 9.18 Å². The topological polar surface area (TPSA) is 37.3 Å². The van der Waals surface area contributed by atoms with Crippen molar-refractivity contribution < 1.29 is 14.3 Å². The van der Waals surface area contributed by atoms with Crippen LogP contribution in [0.5, 0.6) is 0 Å². The average molecular weight is 186 g/mol. The summed E-state index contributed by atoms with van der Waals surface area (Å²) in [6.45, 7) is 1.88. The van der Waals surface area contributed by atoms with Crippen LogP contribution in [0.15, 0.2) is 18.0 Å². The number of carboxylic acids is 1. The van der Waals surface area contributed by atoms with Gasteiger partial charge in [-0.2, -0.15) is 4.39 Å². The third-order valence-corrected chi connectivity index (χ3v) is 2.18. The van der Waals surface area contributed by atoms with Gasteiger partial charge in [-0.25, -0.2) is 4.79 Å². The lowest BCUT2D eigenvalue weighted by Gasteiger charge is -1.85. The molecule has 0 saturated heterocycles. The normalized spacial score (nSPS) is 11.7. The fourth-order valence-electron chi connectivity index (χ4n) is 0.718. The fourth-order valence-corrected chi connectivity index (χ4v) is 1.52. The Bertz CT molecular complexity index is 328. The number of thiophene rings is 1. The van der Waals surface area contributed by atoms with Crippen LogP contribution in [0.3, 0.4) is 0 Å². The summed E-state index contributed by atoms with van der Waals surface area (Å²) in [6, 6.07) is 3.49. The lowest BCUT2D eigenvalue weighted by molar-refractivity contribution is -0.134. The van der Waals surface area contributed by atoms with E-state index in [-0.39, 0.29) is 0 Å². The van der Waals surface area contributed by atoms with Crippen LogP contribution in [0.1, 0.15) is 9.75 Å². The maximum absolute atomic E-state index is 12.5. The van der Waals surface area contributed by atoms with E-state index in [0.717, 1.165) is 11.0 Å². The molecule has 0 unspecified atom stereocenters. The molecule has 0 aliphatic rings. The Morgan fingerprint density at radius 2 is 2.33 bits per heavy atom. The Labute approximate surface area is 73.0 Å². The molecular weight excluding hydrogens is 179 g/mol. The third kappa shape index (κ3) is 2.17. The van der Waals surface area contributed by atoms with Gasteiger partial charge in [0.05, 0.1) is 0 Å². The van der Waals surface area contributed by atoms with E-state index in [1.165, 1.54) is 11.3 Å². The minimum Gasteiger partial charge on any atom is -0.476 e. The summed E-state index contributed by atoms with van der Waals surface area (Å²) >= 11 is 1.35. The van der Waals surface area contributed by atoms with Crippen molar-refractivity contribution in [2.45, 2.75) is 6.92 Å². The molecule has 1 rings (SSSR count). The van der Waals surface area contributed by atoms with Crippen molar-refractivity contribution in [1.82, 2.24) is 0 Å². The Kier molecular flexibility index (Phi) is 2.60. The van der Waals surface area contributed by atoms with Crippen molar-refractivity contribution >= 4 is 23.4 Å². The lowest BCUT2D eigenvalue weighted by atomic mass is 10.4. The Morgan fingerprint density at radius 1 is 1.67 bits per heavy atom. The molecule has 1 aromatic heterocycles. The van der Waals surface area contributed by atoms with Crippen LogP contribution in [0.25, 0.3) is 6.08 Å². The summed E-state index contributed by atoms with van der Waals surface area (Å²) in [5.41, 5.74) is 0. The number of carbonyl (C=O) groups is 1. The number of hydrogen-bond donors (Lipinski definition) is 1. The summed E-state index contributed by atoms with van der Waals surface area (Å²) in [5, 5.41) is 8.21. The van der Waals surface area contributed by atoms with E-state index < -0.39 is 11.8 Å². The maximum Gasteiger partial charge on any atom is 0.364 e. The Hall–Kier alpha value is -1.16. The second-order valence-corrected chi connectivity index (χ2v) is 3.57. The first-order valence-electron chi connectivity index (χ1n) is 3.26. The molecule has 1 heterocycles. The zero-order valence-electron chi connectivity index (χ0n) is 6.37. The second-order valence-electron chi connectivity index (χ2n) is 2.25. The van der Waals surface area contributed by atoms with E-state index in [2.05, 4.69) is 0 Å². The molecule has 0 aliphatic carbocycles. The summed E-state index contributed by atoms with van der Waals surface area (Å²) in [7, 11) is 0. The van der Waals surface area contributed by atoms with E-state index >= 15 is 0 Å². The van der Waals surface area contributed by atoms with Crippen LogP contribution in [0, 0.1) is 6.92 Å². The van der Waals surface area contributed by atoms with Crippen molar-refractivity contribution in [2.75, 3.05) is 0 Å². The number of aliphatic carboxylic acids is 1. The first-order valence-corrected chi connectivity index (χ1v) is 4.08. The summed E-state index contributed by atoms with van der Waals surface area (Å²) in [4.78, 5) is 11.7. The summed E-state index contributed by atoms with van der Waals surface area (Å²) in [6.07, 6.45) is 1.01. The molecule has 0 atom stereocenters. The second kappa shape index (κ2) is 3.49. The van der Waals surface area contributed by atoms with Crippen molar-refractivity contribution in [3.05, 3.63) is 27.7 Å². The van der Waals surface area contributed by atoms with Gasteiger partial charge in [0, 0.05) is 9.75 Å². The van der Waals surface area contributed by atoms with Gasteiger partial charge in [-0.1, -0.05) is 0 Å². The maximum atomic E-state index is 12.5. The van der Waals surface area contributed by atoms with E-state index in [4.69, 9.17) is 5.11 Å². The smallest absolute Gasteiger partial charge is 0.364 e. The van der Waals surface area contributed by atoms with Gasteiger partial charge in [0.1, 0.15) is 0 Å². The highest BCUT2D eigenvalue weighted by Gasteiger charge is 2.05. The van der Waals surface area contributed by atoms with Crippen LogP contribution in [0.4, 0.5) is 4.39 Å². The molecule has 0 amide bonds. The predicted molar refractivity (Wildman–Crippen MR) is 45.8 cm³/mol. The van der Waals surface area contributed by atoms with Crippen LogP contribution in [-0.4, -0.2) is 11.1 Å². The highest BCUT2D eigenvalue weighted by Crippen LogP contribution is 2.18. The summed E-state index contributed by atoms with van der Waals surface area (Å²) < 4.78 is 12.5. The third-order valence-electron chi connectivity index (χ3n) is 1.23. The molecule has 1 N–H and O–H groups in total. The van der Waals surface area contributed by atoms with Crippen molar-refractivity contribution in [1.29, 1.82) is 0 Å². The SMILES string of the molecule is Cc1ccc(C=C(F)C(=O)O)s1. The van der Waals surface area contributed by atoms with Gasteiger partial charge in [0.25, 0.3) is 0 Å². The first-order chi connectivity index (χ1) is 5.59. The highest BCUT2D eigenvalue weighted by atomic mass is 32.1. The van der Waals surface area contributed by atoms with Crippen LogP contribution >= 0.6 is 11.3 Å². The molecule has 1 aromatic rings. The largest absolute Gasteiger partial charge is 0.476 e. The molecule has 4 heteroatoms. The van der Waals surface area contributed by atoms with Crippen molar-refractivity contribution in [3.63, 3.8) is 0 Å². The number of rotatable bonds is 2. The number of carboxylic acid groups (broad SMARTS) is 1. The zero-order chi connectivity index (χ0) is 9.14. The quantitative estimate of drug-likeness (QED) is 0.720. The number of hydrogen-bond acceptors (Lipinski definition) is 2. The first kappa shape index (κ1) is 8.93. The molecular formula is C8H7FO2S. The van der Waals surface area contributed by atoms with Gasteiger partial charge in [-0.05, 0) is 25.1 Å². The average Bonchev–Trinajstić information content (AvgIpc) is 2.35. The lowest BCUT2D eigenvalue weighted by Crippen LogP contribution is -1.93. The predicted octanol–water partition coefficient (Wildman–Crippen LogP) is 2.45. The van der Waals surface area contributed by atoms with Gasteiger partial charge >= 0.3 is 5.97 Å². The van der Waals surface area contributed by atoms with Gasteiger partial charge < -0.3 is 5.11 Å². The Morgan fingerprint density at radius 3 is 2.75 bits per heavy atom. The monoisotopic (exact) mass is 186 g/mol.